The van der Waals surface area contributed by atoms with Gasteiger partial charge in [0.25, 0.3) is 0 Å². The Bertz CT molecular complexity index is 940. The summed E-state index contributed by atoms with van der Waals surface area (Å²) >= 11 is 0. The molecule has 1 fully saturated rings. The van der Waals surface area contributed by atoms with E-state index in [0.29, 0.717) is 32.4 Å². The van der Waals surface area contributed by atoms with E-state index in [1.54, 1.807) is 4.90 Å². The van der Waals surface area contributed by atoms with E-state index in [-0.39, 0.29) is 18.4 Å². The Morgan fingerprint density at radius 2 is 1.67 bits per heavy atom. The highest BCUT2D eigenvalue weighted by molar-refractivity contribution is 5.91. The number of hydrogen-bond donors (Lipinski definition) is 2. The summed E-state index contributed by atoms with van der Waals surface area (Å²) in [5.74, 6) is -11.8. The molecule has 12 heteroatoms. The number of carbonyl (C=O) groups excluding carboxylic acids is 3. The third-order valence-corrected chi connectivity index (χ3v) is 5.99. The van der Waals surface area contributed by atoms with E-state index in [1.807, 2.05) is 6.92 Å². The van der Waals surface area contributed by atoms with E-state index < -0.39 is 71.7 Å². The van der Waals surface area contributed by atoms with Gasteiger partial charge in [-0.1, -0.05) is 19.8 Å². The number of ketones is 1. The zero-order valence-electron chi connectivity index (χ0n) is 20.0. The van der Waals surface area contributed by atoms with Gasteiger partial charge in [-0.25, -0.2) is 8.78 Å². The molecule has 2 rings (SSSR count). The van der Waals surface area contributed by atoms with Gasteiger partial charge in [-0.3, -0.25) is 19.2 Å². The van der Waals surface area contributed by atoms with Crippen molar-refractivity contribution in [2.24, 2.45) is 5.92 Å². The van der Waals surface area contributed by atoms with Gasteiger partial charge in [-0.2, -0.15) is 8.78 Å². The van der Waals surface area contributed by atoms with Gasteiger partial charge in [0, 0.05) is 37.9 Å². The van der Waals surface area contributed by atoms with E-state index >= 15 is 0 Å². The Morgan fingerprint density at radius 1 is 1.06 bits per heavy atom. The van der Waals surface area contributed by atoms with Gasteiger partial charge in [-0.05, 0) is 25.7 Å². The number of carboxylic acids is 1. The summed E-state index contributed by atoms with van der Waals surface area (Å²) in [7, 11) is 0. The molecule has 200 valence electrons. The van der Waals surface area contributed by atoms with Crippen molar-refractivity contribution in [1.82, 2.24) is 10.2 Å². The average molecular weight is 519 g/mol. The Hall–Kier alpha value is -3.18. The van der Waals surface area contributed by atoms with Crippen molar-refractivity contribution < 1.29 is 46.6 Å². The predicted molar refractivity (Wildman–Crippen MR) is 119 cm³/mol. The molecule has 0 aliphatic carbocycles. The number of carbonyl (C=O) groups is 4. The third kappa shape index (κ3) is 8.20. The number of piperidine rings is 1. The molecule has 2 N–H and O–H groups in total. The molecular formula is C24H30F4N2O6. The van der Waals surface area contributed by atoms with E-state index in [2.05, 4.69) is 10.1 Å². The summed E-state index contributed by atoms with van der Waals surface area (Å²) in [6.07, 6.45) is 3.04. The van der Waals surface area contributed by atoms with Crippen molar-refractivity contribution in [3.8, 4) is 5.75 Å². The molecule has 1 saturated heterocycles. The minimum Gasteiger partial charge on any atom is -0.481 e. The number of nitrogens with one attached hydrogen (secondary N) is 1. The van der Waals surface area contributed by atoms with Crippen molar-refractivity contribution >= 4 is 23.6 Å². The topological polar surface area (TPSA) is 113 Å². The first-order chi connectivity index (χ1) is 17.0. The van der Waals surface area contributed by atoms with Crippen molar-refractivity contribution in [1.29, 1.82) is 0 Å². The van der Waals surface area contributed by atoms with Gasteiger partial charge in [0.1, 0.15) is 6.61 Å². The van der Waals surface area contributed by atoms with E-state index in [1.165, 1.54) is 0 Å². The number of Topliss-reactive ketones (excluding diaryl/α,β-unsaturated/α-hetero) is 1. The number of carboxylic acid groups (broad SMARTS) is 1. The summed E-state index contributed by atoms with van der Waals surface area (Å²) < 4.78 is 58.9. The lowest BCUT2D eigenvalue weighted by Gasteiger charge is -2.32. The number of rotatable bonds is 13. The molecule has 0 spiro atoms. The lowest BCUT2D eigenvalue weighted by atomic mass is 9.94. The summed E-state index contributed by atoms with van der Waals surface area (Å²) in [5, 5.41) is 11.4. The fourth-order valence-corrected chi connectivity index (χ4v) is 3.87. The molecule has 1 aliphatic rings. The van der Waals surface area contributed by atoms with Crippen molar-refractivity contribution in [3.05, 3.63) is 29.3 Å². The van der Waals surface area contributed by atoms with E-state index in [0.717, 1.165) is 19.3 Å². The van der Waals surface area contributed by atoms with Crippen LogP contribution < -0.4 is 10.1 Å². The van der Waals surface area contributed by atoms with Gasteiger partial charge in [0.15, 0.2) is 23.2 Å². The normalized spacial score (nSPS) is 14.9. The van der Waals surface area contributed by atoms with Crippen LogP contribution in [0.1, 0.15) is 58.3 Å². The maximum absolute atomic E-state index is 13.8. The quantitative estimate of drug-likeness (QED) is 0.235. The molecular weight excluding hydrogens is 488 g/mol. The Labute approximate surface area is 206 Å². The lowest BCUT2D eigenvalue weighted by molar-refractivity contribution is -0.138. The maximum atomic E-state index is 13.8. The Balaban J connectivity index is 1.97. The van der Waals surface area contributed by atoms with Crippen LogP contribution in [0.5, 0.6) is 5.75 Å². The molecule has 0 saturated carbocycles. The average Bonchev–Trinajstić information content (AvgIpc) is 2.85. The zero-order chi connectivity index (χ0) is 26.8. The molecule has 0 aromatic heterocycles. The predicted octanol–water partition coefficient (Wildman–Crippen LogP) is 3.36. The van der Waals surface area contributed by atoms with Crippen LogP contribution in [0.2, 0.25) is 0 Å². The third-order valence-electron chi connectivity index (χ3n) is 5.99. The summed E-state index contributed by atoms with van der Waals surface area (Å²) in [5.41, 5.74) is 0. The van der Waals surface area contributed by atoms with Crippen LogP contribution >= 0.6 is 0 Å². The highest BCUT2D eigenvalue weighted by Crippen LogP contribution is 2.26. The smallest absolute Gasteiger partial charge is 0.303 e. The summed E-state index contributed by atoms with van der Waals surface area (Å²) in [4.78, 5) is 50.2. The molecule has 1 atom stereocenters. The SMILES string of the molecule is CCCCCC(=O)N1CCC(C(=O)N[C@@H](CCC(=O)O)C(=O)COc2c(F)c(F)cc(F)c2F)CC1. The standard InChI is InChI=1S/C24H30F4N2O6/c1-2-3-4-5-19(32)30-10-8-14(9-11-30)24(35)29-17(6-7-20(33)34)18(31)13-36-23-21(27)15(25)12-16(26)22(23)28/h12,14,17H,2-11,13H2,1H3,(H,29,35)(H,33,34)/t17-/m0/s1. The van der Waals surface area contributed by atoms with Crippen molar-refractivity contribution in [3.63, 3.8) is 0 Å². The molecule has 8 nitrogen and oxygen atoms in total. The number of ether oxygens (including phenoxy) is 1. The number of aliphatic carboxylic acids is 1. The number of hydrogen-bond acceptors (Lipinski definition) is 5. The monoisotopic (exact) mass is 518 g/mol. The second-order valence-corrected chi connectivity index (χ2v) is 8.66. The molecule has 0 unspecified atom stereocenters. The fraction of sp³-hybridized carbons (Fsp3) is 0.583. The molecule has 36 heavy (non-hydrogen) atoms. The van der Waals surface area contributed by atoms with Crippen molar-refractivity contribution in [2.45, 2.75) is 64.3 Å². The van der Waals surface area contributed by atoms with Gasteiger partial charge in [-0.15, -0.1) is 0 Å². The lowest BCUT2D eigenvalue weighted by Crippen LogP contribution is -2.48. The second kappa shape index (κ2) is 13.8. The van der Waals surface area contributed by atoms with Crippen LogP contribution in [0.4, 0.5) is 17.6 Å². The molecule has 0 radical (unpaired) electrons. The molecule has 0 bridgehead atoms. The van der Waals surface area contributed by atoms with Crippen LogP contribution in [-0.2, 0) is 19.2 Å². The number of halogens is 4. The first kappa shape index (κ1) is 29.1. The van der Waals surface area contributed by atoms with Gasteiger partial charge < -0.3 is 20.1 Å². The van der Waals surface area contributed by atoms with E-state index in [9.17, 15) is 36.7 Å². The Morgan fingerprint density at radius 3 is 2.22 bits per heavy atom. The highest BCUT2D eigenvalue weighted by atomic mass is 19.2. The summed E-state index contributed by atoms with van der Waals surface area (Å²) in [6.45, 7) is 1.70. The van der Waals surface area contributed by atoms with Crippen LogP contribution in [0, 0.1) is 29.2 Å². The van der Waals surface area contributed by atoms with Crippen LogP contribution in [0.3, 0.4) is 0 Å². The first-order valence-corrected chi connectivity index (χ1v) is 11.8. The summed E-state index contributed by atoms with van der Waals surface area (Å²) in [6, 6.07) is -1.38. The molecule has 1 aromatic carbocycles. The number of benzene rings is 1. The minimum atomic E-state index is -1.83. The molecule has 2 amide bonds. The van der Waals surface area contributed by atoms with Gasteiger partial charge >= 0.3 is 5.97 Å². The number of likely N-dealkylation sites (tertiary alicyclic amines) is 1. The largest absolute Gasteiger partial charge is 0.481 e. The molecule has 1 heterocycles. The zero-order valence-corrected chi connectivity index (χ0v) is 20.0. The molecule has 1 aliphatic heterocycles. The number of unbranched alkanes of at least 4 members (excludes halogenated alkanes) is 2. The van der Waals surface area contributed by atoms with E-state index in [4.69, 9.17) is 5.11 Å². The second-order valence-electron chi connectivity index (χ2n) is 8.66. The Kier molecular flexibility index (Phi) is 11.1. The van der Waals surface area contributed by atoms with Crippen LogP contribution in [0.15, 0.2) is 6.07 Å². The number of nitrogens with zero attached hydrogens (tertiary/aromatic N) is 1. The van der Waals surface area contributed by atoms with Gasteiger partial charge in [0.05, 0.1) is 6.04 Å². The van der Waals surface area contributed by atoms with Crippen molar-refractivity contribution in [2.75, 3.05) is 19.7 Å². The number of amides is 2. The maximum Gasteiger partial charge on any atom is 0.303 e. The molecule has 1 aromatic rings. The van der Waals surface area contributed by atoms with Crippen LogP contribution in [0.25, 0.3) is 0 Å². The minimum absolute atomic E-state index is 0.0146. The van der Waals surface area contributed by atoms with Crippen LogP contribution in [-0.4, -0.2) is 59.3 Å². The highest BCUT2D eigenvalue weighted by Gasteiger charge is 2.31. The first-order valence-electron chi connectivity index (χ1n) is 11.8. The van der Waals surface area contributed by atoms with Gasteiger partial charge in [0.2, 0.25) is 23.4 Å². The fourth-order valence-electron chi connectivity index (χ4n) is 3.87.